The fourth-order valence-electron chi connectivity index (χ4n) is 2.70. The fourth-order valence-corrected chi connectivity index (χ4v) is 3.64. The number of hydrogen-bond donors (Lipinski definition) is 0. The zero-order valence-electron chi connectivity index (χ0n) is 13.0. The van der Waals surface area contributed by atoms with Crippen molar-refractivity contribution in [2.75, 3.05) is 0 Å². The molecular formula is C20H22OS. The number of thiophene rings is 1. The normalized spacial score (nSPS) is 14.1. The molecule has 1 aliphatic carbocycles. The highest BCUT2D eigenvalue weighted by molar-refractivity contribution is 7.11. The Labute approximate surface area is 136 Å². The van der Waals surface area contributed by atoms with E-state index in [0.29, 0.717) is 0 Å². The summed E-state index contributed by atoms with van der Waals surface area (Å²) in [4.78, 5) is 1.32. The van der Waals surface area contributed by atoms with E-state index in [4.69, 9.17) is 4.42 Å². The smallest absolute Gasteiger partial charge is 0.135 e. The Bertz CT molecular complexity index is 697. The molecule has 2 aromatic heterocycles. The molecule has 2 heteroatoms. The van der Waals surface area contributed by atoms with E-state index in [-0.39, 0.29) is 0 Å². The molecule has 2 aromatic rings. The van der Waals surface area contributed by atoms with Crippen molar-refractivity contribution in [1.82, 2.24) is 0 Å². The Balaban J connectivity index is 1.81. The van der Waals surface area contributed by atoms with Gasteiger partial charge in [-0.05, 0) is 42.0 Å². The molecule has 0 amide bonds. The van der Waals surface area contributed by atoms with Crippen molar-refractivity contribution >= 4 is 16.9 Å². The number of furan rings is 1. The third-order valence-corrected chi connectivity index (χ3v) is 4.89. The standard InChI is InChI=1S/C20H22OS/c1-2-3-6-11-17-12-13-19(21-17)18-14-15-22-20(18)16-9-7-4-5-8-10-16/h4-5,7-9,12-15H,2-3,6,10-11H2,1H3. The van der Waals surface area contributed by atoms with E-state index >= 15 is 0 Å². The molecule has 0 saturated carbocycles. The third-order valence-electron chi connectivity index (χ3n) is 3.90. The first-order valence-corrected chi connectivity index (χ1v) is 8.95. The summed E-state index contributed by atoms with van der Waals surface area (Å²) in [6.07, 6.45) is 16.5. The van der Waals surface area contributed by atoms with Crippen molar-refractivity contribution in [3.63, 3.8) is 0 Å². The Morgan fingerprint density at radius 1 is 1.09 bits per heavy atom. The van der Waals surface area contributed by atoms with Crippen LogP contribution in [0.15, 0.2) is 58.4 Å². The number of unbranched alkanes of at least 4 members (excludes halogenated alkanes) is 2. The minimum absolute atomic E-state index is 0.977. The van der Waals surface area contributed by atoms with E-state index in [1.807, 2.05) is 0 Å². The number of aryl methyl sites for hydroxylation is 1. The van der Waals surface area contributed by atoms with E-state index < -0.39 is 0 Å². The molecule has 0 aliphatic heterocycles. The summed E-state index contributed by atoms with van der Waals surface area (Å²) in [5.41, 5.74) is 2.58. The fraction of sp³-hybridized carbons (Fsp3) is 0.300. The Morgan fingerprint density at radius 3 is 2.95 bits per heavy atom. The topological polar surface area (TPSA) is 13.1 Å². The molecule has 1 nitrogen and oxygen atoms in total. The van der Waals surface area contributed by atoms with Crippen LogP contribution < -0.4 is 0 Å². The Hall–Kier alpha value is -1.80. The molecule has 0 unspecified atom stereocenters. The van der Waals surface area contributed by atoms with Crippen LogP contribution in [0.25, 0.3) is 16.9 Å². The highest BCUT2D eigenvalue weighted by atomic mass is 32.1. The summed E-state index contributed by atoms with van der Waals surface area (Å²) in [5.74, 6) is 2.11. The third kappa shape index (κ3) is 3.50. The highest BCUT2D eigenvalue weighted by Gasteiger charge is 2.14. The quantitative estimate of drug-likeness (QED) is 0.545. The number of hydrogen-bond acceptors (Lipinski definition) is 2. The lowest BCUT2D eigenvalue weighted by molar-refractivity contribution is 0.508. The molecular weight excluding hydrogens is 288 g/mol. The van der Waals surface area contributed by atoms with Crippen LogP contribution in [0.2, 0.25) is 0 Å². The van der Waals surface area contributed by atoms with Gasteiger partial charge in [-0.15, -0.1) is 11.3 Å². The molecule has 22 heavy (non-hydrogen) atoms. The molecule has 0 saturated heterocycles. The molecule has 0 N–H and O–H groups in total. The van der Waals surface area contributed by atoms with E-state index in [1.165, 1.54) is 35.3 Å². The van der Waals surface area contributed by atoms with Crippen LogP contribution in [0.5, 0.6) is 0 Å². The van der Waals surface area contributed by atoms with Crippen molar-refractivity contribution in [3.8, 4) is 11.3 Å². The van der Waals surface area contributed by atoms with Gasteiger partial charge in [0.05, 0.1) is 0 Å². The molecule has 0 bridgehead atoms. The monoisotopic (exact) mass is 310 g/mol. The SMILES string of the molecule is CCCCCc1ccc(-c2ccsc2C2=CC=CC=CC2)o1. The maximum absolute atomic E-state index is 6.08. The lowest BCUT2D eigenvalue weighted by atomic mass is 10.1. The summed E-state index contributed by atoms with van der Waals surface area (Å²) in [6.45, 7) is 2.23. The summed E-state index contributed by atoms with van der Waals surface area (Å²) < 4.78 is 6.08. The van der Waals surface area contributed by atoms with Crippen molar-refractivity contribution in [3.05, 3.63) is 64.6 Å². The van der Waals surface area contributed by atoms with Crippen LogP contribution in [0.4, 0.5) is 0 Å². The molecule has 0 fully saturated rings. The lowest BCUT2D eigenvalue weighted by Gasteiger charge is -2.04. The molecule has 0 spiro atoms. The highest BCUT2D eigenvalue weighted by Crippen LogP contribution is 2.36. The van der Waals surface area contributed by atoms with Crippen molar-refractivity contribution in [2.45, 2.75) is 39.0 Å². The second-order valence-corrected chi connectivity index (χ2v) is 6.51. The molecule has 0 radical (unpaired) electrons. The van der Waals surface area contributed by atoms with E-state index in [1.54, 1.807) is 11.3 Å². The summed E-state index contributed by atoms with van der Waals surface area (Å²) >= 11 is 1.79. The lowest BCUT2D eigenvalue weighted by Crippen LogP contribution is -1.83. The maximum atomic E-state index is 6.08. The molecule has 114 valence electrons. The van der Waals surface area contributed by atoms with Crippen LogP contribution in [0.1, 0.15) is 43.2 Å². The first-order chi connectivity index (χ1) is 10.9. The molecule has 1 aliphatic rings. The molecule has 2 heterocycles. The van der Waals surface area contributed by atoms with Crippen LogP contribution in [0, 0.1) is 0 Å². The Kier molecular flexibility index (Phi) is 5.12. The van der Waals surface area contributed by atoms with E-state index in [0.717, 1.165) is 24.4 Å². The van der Waals surface area contributed by atoms with Gasteiger partial charge in [-0.2, -0.15) is 0 Å². The average molecular weight is 310 g/mol. The largest absolute Gasteiger partial charge is 0.461 e. The zero-order valence-corrected chi connectivity index (χ0v) is 13.9. The van der Waals surface area contributed by atoms with Crippen LogP contribution >= 0.6 is 11.3 Å². The van der Waals surface area contributed by atoms with E-state index in [2.05, 4.69) is 60.9 Å². The van der Waals surface area contributed by atoms with Gasteiger partial charge in [0.25, 0.3) is 0 Å². The van der Waals surface area contributed by atoms with Gasteiger partial charge >= 0.3 is 0 Å². The van der Waals surface area contributed by atoms with Crippen LogP contribution in [-0.2, 0) is 6.42 Å². The number of rotatable bonds is 6. The van der Waals surface area contributed by atoms with Gasteiger partial charge in [-0.1, -0.05) is 50.1 Å². The first-order valence-electron chi connectivity index (χ1n) is 8.08. The first kappa shape index (κ1) is 15.1. The molecule has 0 atom stereocenters. The van der Waals surface area contributed by atoms with Crippen molar-refractivity contribution in [2.24, 2.45) is 0 Å². The second-order valence-electron chi connectivity index (χ2n) is 5.60. The zero-order chi connectivity index (χ0) is 15.2. The van der Waals surface area contributed by atoms with Gasteiger partial charge < -0.3 is 4.42 Å². The van der Waals surface area contributed by atoms with Crippen LogP contribution in [0.3, 0.4) is 0 Å². The van der Waals surface area contributed by atoms with E-state index in [9.17, 15) is 0 Å². The summed E-state index contributed by atoms with van der Waals surface area (Å²) in [7, 11) is 0. The van der Waals surface area contributed by atoms with Gasteiger partial charge in [-0.3, -0.25) is 0 Å². The van der Waals surface area contributed by atoms with Gasteiger partial charge in [0.2, 0.25) is 0 Å². The Morgan fingerprint density at radius 2 is 2.05 bits per heavy atom. The summed E-state index contributed by atoms with van der Waals surface area (Å²) in [6, 6.07) is 6.43. The van der Waals surface area contributed by atoms with Crippen LogP contribution in [-0.4, -0.2) is 0 Å². The van der Waals surface area contributed by atoms with Crippen molar-refractivity contribution < 1.29 is 4.42 Å². The average Bonchev–Trinajstić information content (AvgIpc) is 3.11. The summed E-state index contributed by atoms with van der Waals surface area (Å²) in [5, 5.41) is 2.16. The van der Waals surface area contributed by atoms with Crippen molar-refractivity contribution in [1.29, 1.82) is 0 Å². The minimum atomic E-state index is 0.977. The minimum Gasteiger partial charge on any atom is -0.461 e. The maximum Gasteiger partial charge on any atom is 0.135 e. The van der Waals surface area contributed by atoms with Gasteiger partial charge in [0, 0.05) is 16.9 Å². The van der Waals surface area contributed by atoms with Gasteiger partial charge in [0.1, 0.15) is 11.5 Å². The van der Waals surface area contributed by atoms with Gasteiger partial charge in [0.15, 0.2) is 0 Å². The van der Waals surface area contributed by atoms with Gasteiger partial charge in [-0.25, -0.2) is 0 Å². The predicted molar refractivity (Wildman–Crippen MR) is 96.1 cm³/mol. The molecule has 3 rings (SSSR count). The molecule has 0 aromatic carbocycles. The second kappa shape index (κ2) is 7.46. The number of allylic oxidation sites excluding steroid dienone is 6. The predicted octanol–water partition coefficient (Wildman–Crippen LogP) is 6.64.